The minimum atomic E-state index is -0.657. The molecule has 0 aromatic heterocycles. The quantitative estimate of drug-likeness (QED) is 0.803. The highest BCUT2D eigenvalue weighted by Crippen LogP contribution is 2.31. The normalized spacial score (nSPS) is 18.7. The summed E-state index contributed by atoms with van der Waals surface area (Å²) in [5, 5.41) is 2.74. The van der Waals surface area contributed by atoms with Crippen molar-refractivity contribution in [2.24, 2.45) is 0 Å². The maximum absolute atomic E-state index is 13.6. The Balaban J connectivity index is 1.21. The van der Waals surface area contributed by atoms with Crippen LogP contribution in [-0.4, -0.2) is 67.0 Å². The van der Waals surface area contributed by atoms with E-state index in [4.69, 9.17) is 9.47 Å². The largest absolute Gasteiger partial charge is 0.485 e. The number of amides is 2. The van der Waals surface area contributed by atoms with Crippen LogP contribution in [-0.2, 0) is 16.1 Å². The lowest BCUT2D eigenvalue weighted by Gasteiger charge is -2.36. The molecule has 1 atom stereocenters. The van der Waals surface area contributed by atoms with Gasteiger partial charge >= 0.3 is 0 Å². The van der Waals surface area contributed by atoms with Crippen LogP contribution in [0.2, 0.25) is 0 Å². The van der Waals surface area contributed by atoms with Gasteiger partial charge in [-0.1, -0.05) is 30.3 Å². The van der Waals surface area contributed by atoms with E-state index in [1.165, 1.54) is 6.07 Å². The molecule has 1 N–H and O–H groups in total. The number of benzene rings is 2. The zero-order valence-electron chi connectivity index (χ0n) is 16.6. The van der Waals surface area contributed by atoms with Crippen molar-refractivity contribution in [3.8, 4) is 11.5 Å². The molecule has 2 aromatic carbocycles. The van der Waals surface area contributed by atoms with Crippen LogP contribution in [0, 0.1) is 5.82 Å². The molecule has 4 rings (SSSR count). The van der Waals surface area contributed by atoms with Crippen molar-refractivity contribution >= 4 is 11.8 Å². The van der Waals surface area contributed by atoms with Crippen LogP contribution < -0.4 is 14.8 Å². The molecule has 0 aliphatic carbocycles. The van der Waals surface area contributed by atoms with Gasteiger partial charge in [0.05, 0.1) is 6.54 Å². The van der Waals surface area contributed by atoms with E-state index in [0.29, 0.717) is 43.2 Å². The first-order valence-corrected chi connectivity index (χ1v) is 10.00. The highest BCUT2D eigenvalue weighted by atomic mass is 19.1. The predicted octanol–water partition coefficient (Wildman–Crippen LogP) is 1.43. The van der Waals surface area contributed by atoms with Crippen LogP contribution in [0.5, 0.6) is 11.5 Å². The molecule has 1 saturated heterocycles. The Kier molecular flexibility index (Phi) is 6.13. The van der Waals surface area contributed by atoms with Crippen molar-refractivity contribution in [1.29, 1.82) is 0 Å². The molecular weight excluding hydrogens is 389 g/mol. The highest BCUT2D eigenvalue weighted by Gasteiger charge is 2.32. The summed E-state index contributed by atoms with van der Waals surface area (Å²) in [6.45, 7) is 2.76. The third-order valence-corrected chi connectivity index (χ3v) is 5.27. The summed E-state index contributed by atoms with van der Waals surface area (Å²) >= 11 is 0. The number of carbonyl (C=O) groups is 2. The second kappa shape index (κ2) is 9.13. The van der Waals surface area contributed by atoms with Gasteiger partial charge in [-0.05, 0) is 18.2 Å². The average Bonchev–Trinajstić information content (AvgIpc) is 2.78. The molecular formula is C22H24FN3O4. The molecule has 0 bridgehead atoms. The molecule has 2 heterocycles. The summed E-state index contributed by atoms with van der Waals surface area (Å²) in [5.41, 5.74) is 0.456. The Hall–Kier alpha value is -3.13. The lowest BCUT2D eigenvalue weighted by Crippen LogP contribution is -2.55. The molecule has 0 unspecified atom stereocenters. The number of nitrogens with zero attached hydrogens (tertiary/aromatic N) is 2. The lowest BCUT2D eigenvalue weighted by molar-refractivity contribution is -0.143. The predicted molar refractivity (Wildman–Crippen MR) is 108 cm³/mol. The third kappa shape index (κ3) is 4.71. The fraction of sp³-hybridized carbons (Fsp3) is 0.364. The van der Waals surface area contributed by atoms with Crippen molar-refractivity contribution in [2.75, 3.05) is 39.3 Å². The van der Waals surface area contributed by atoms with Crippen molar-refractivity contribution in [3.05, 3.63) is 59.9 Å². The molecule has 2 aromatic rings. The van der Waals surface area contributed by atoms with Gasteiger partial charge in [0.15, 0.2) is 11.5 Å². The van der Waals surface area contributed by atoms with Crippen molar-refractivity contribution in [1.82, 2.24) is 15.1 Å². The van der Waals surface area contributed by atoms with E-state index in [0.717, 1.165) is 0 Å². The van der Waals surface area contributed by atoms with Gasteiger partial charge in [0.25, 0.3) is 5.91 Å². The summed E-state index contributed by atoms with van der Waals surface area (Å²) in [4.78, 5) is 28.7. The van der Waals surface area contributed by atoms with Gasteiger partial charge in [-0.15, -0.1) is 0 Å². The summed E-state index contributed by atoms with van der Waals surface area (Å²) in [5.74, 6) is 0.619. The minimum absolute atomic E-state index is 0.104. The van der Waals surface area contributed by atoms with Crippen molar-refractivity contribution < 1.29 is 23.5 Å². The maximum atomic E-state index is 13.6. The van der Waals surface area contributed by atoms with Gasteiger partial charge < -0.3 is 19.7 Å². The van der Waals surface area contributed by atoms with Crippen LogP contribution in [0.4, 0.5) is 4.39 Å². The molecule has 0 spiro atoms. The van der Waals surface area contributed by atoms with E-state index in [2.05, 4.69) is 5.32 Å². The first-order valence-electron chi connectivity index (χ1n) is 10.00. The number of ether oxygens (including phenoxy) is 2. The van der Waals surface area contributed by atoms with E-state index in [9.17, 15) is 14.0 Å². The molecule has 2 aliphatic heterocycles. The number of piperazine rings is 1. The summed E-state index contributed by atoms with van der Waals surface area (Å²) in [6, 6.07) is 13.7. The second-order valence-corrected chi connectivity index (χ2v) is 7.33. The van der Waals surface area contributed by atoms with E-state index in [1.54, 1.807) is 29.2 Å². The Morgan fingerprint density at radius 1 is 1.00 bits per heavy atom. The van der Waals surface area contributed by atoms with E-state index in [-0.39, 0.29) is 37.3 Å². The number of halogens is 1. The van der Waals surface area contributed by atoms with Crippen LogP contribution in [0.15, 0.2) is 48.5 Å². The maximum Gasteiger partial charge on any atom is 0.267 e. The van der Waals surface area contributed by atoms with E-state index in [1.807, 2.05) is 23.1 Å². The first kappa shape index (κ1) is 20.2. The Labute approximate surface area is 174 Å². The molecule has 2 amide bonds. The fourth-order valence-corrected chi connectivity index (χ4v) is 3.57. The van der Waals surface area contributed by atoms with Crippen molar-refractivity contribution in [3.63, 3.8) is 0 Å². The monoisotopic (exact) mass is 413 g/mol. The summed E-state index contributed by atoms with van der Waals surface area (Å²) in [6.07, 6.45) is -0.657. The van der Waals surface area contributed by atoms with Gasteiger partial charge in [0.2, 0.25) is 12.0 Å². The average molecular weight is 413 g/mol. The minimum Gasteiger partial charge on any atom is -0.485 e. The van der Waals surface area contributed by atoms with Crippen LogP contribution in [0.3, 0.4) is 0 Å². The molecule has 7 nitrogen and oxygen atoms in total. The van der Waals surface area contributed by atoms with Gasteiger partial charge in [-0.3, -0.25) is 14.5 Å². The Morgan fingerprint density at radius 3 is 2.47 bits per heavy atom. The number of nitrogens with one attached hydrogen (secondary N) is 1. The van der Waals surface area contributed by atoms with Crippen LogP contribution >= 0.6 is 0 Å². The topological polar surface area (TPSA) is 71.1 Å². The molecule has 0 radical (unpaired) electrons. The number of rotatable bonds is 5. The van der Waals surface area contributed by atoms with Gasteiger partial charge in [-0.25, -0.2) is 4.39 Å². The van der Waals surface area contributed by atoms with Gasteiger partial charge in [0.1, 0.15) is 12.4 Å². The lowest BCUT2D eigenvalue weighted by atomic mass is 10.2. The van der Waals surface area contributed by atoms with Crippen LogP contribution in [0.1, 0.15) is 5.56 Å². The number of fused-ring (bicyclic) bond motifs is 1. The van der Waals surface area contributed by atoms with Gasteiger partial charge in [0, 0.05) is 38.3 Å². The summed E-state index contributed by atoms with van der Waals surface area (Å²) in [7, 11) is 0. The number of para-hydroxylation sites is 2. The molecule has 2 aliphatic rings. The number of carbonyl (C=O) groups excluding carboxylic acids is 2. The van der Waals surface area contributed by atoms with Crippen LogP contribution in [0.25, 0.3) is 0 Å². The first-order chi connectivity index (χ1) is 14.6. The SMILES string of the molecule is O=C(CN1CCN(C(=O)[C@@H]2COc3ccccc3O2)CC1)NCc1ccccc1F. The fourth-order valence-electron chi connectivity index (χ4n) is 3.57. The molecule has 1 fully saturated rings. The second-order valence-electron chi connectivity index (χ2n) is 7.33. The third-order valence-electron chi connectivity index (χ3n) is 5.27. The Morgan fingerprint density at radius 2 is 1.70 bits per heavy atom. The smallest absolute Gasteiger partial charge is 0.267 e. The van der Waals surface area contributed by atoms with E-state index >= 15 is 0 Å². The zero-order chi connectivity index (χ0) is 20.9. The number of hydrogen-bond donors (Lipinski definition) is 1. The zero-order valence-corrected chi connectivity index (χ0v) is 16.6. The molecule has 30 heavy (non-hydrogen) atoms. The molecule has 0 saturated carbocycles. The Bertz CT molecular complexity index is 915. The molecule has 8 heteroatoms. The van der Waals surface area contributed by atoms with Crippen molar-refractivity contribution in [2.45, 2.75) is 12.6 Å². The molecule has 158 valence electrons. The van der Waals surface area contributed by atoms with Gasteiger partial charge in [-0.2, -0.15) is 0 Å². The summed E-state index contributed by atoms with van der Waals surface area (Å²) < 4.78 is 25.1. The highest BCUT2D eigenvalue weighted by molar-refractivity contribution is 5.82. The number of hydrogen-bond acceptors (Lipinski definition) is 5. The van der Waals surface area contributed by atoms with E-state index < -0.39 is 6.10 Å². The standard InChI is InChI=1S/C22H24FN3O4/c23-17-6-2-1-5-16(17)13-24-21(27)14-25-9-11-26(12-10-25)22(28)20-15-29-18-7-3-4-8-19(18)30-20/h1-8,20H,9-15H2,(H,24,27)/t20-/m0/s1.